The topological polar surface area (TPSA) is 46.6 Å². The van der Waals surface area contributed by atoms with E-state index in [1.807, 2.05) is 6.92 Å². The highest BCUT2D eigenvalue weighted by molar-refractivity contribution is 6.67. The highest BCUT2D eigenvalue weighted by atomic mass is 35.5. The Morgan fingerprint density at radius 3 is 2.05 bits per heavy atom. The third-order valence-electron chi connectivity index (χ3n) is 3.77. The number of ether oxygens (including phenoxy) is 1. The van der Waals surface area contributed by atoms with Crippen LogP contribution in [0.25, 0.3) is 0 Å². The van der Waals surface area contributed by atoms with Gasteiger partial charge < -0.3 is 4.74 Å². The van der Waals surface area contributed by atoms with Crippen molar-refractivity contribution < 1.29 is 14.3 Å². The largest absolute Gasteiger partial charge is 0.465 e. The monoisotopic (exact) mass is 325 g/mol. The average molecular weight is 326 g/mol. The van der Waals surface area contributed by atoms with E-state index in [9.17, 15) is 9.59 Å². The van der Waals surface area contributed by atoms with Crippen molar-refractivity contribution in [1.82, 2.24) is 4.90 Å². The van der Waals surface area contributed by atoms with E-state index in [0.29, 0.717) is 11.1 Å². The average Bonchev–Trinajstić information content (AvgIpc) is 2.44. The molecule has 0 aliphatic heterocycles. The van der Waals surface area contributed by atoms with Crippen LogP contribution in [0.1, 0.15) is 66.9 Å². The summed E-state index contributed by atoms with van der Waals surface area (Å²) in [6.07, 6.45) is 0. The van der Waals surface area contributed by atoms with Crippen molar-refractivity contribution >= 4 is 22.8 Å². The Hall–Kier alpha value is -1.39. The molecule has 0 amide bonds. The predicted octanol–water partition coefficient (Wildman–Crippen LogP) is 4.03. The van der Waals surface area contributed by atoms with Gasteiger partial charge in [0.15, 0.2) is 0 Å². The molecule has 1 atom stereocenters. The molecule has 0 radical (unpaired) electrons. The fourth-order valence-electron chi connectivity index (χ4n) is 2.98. The number of benzene rings is 1. The molecule has 0 aliphatic rings. The van der Waals surface area contributed by atoms with Crippen molar-refractivity contribution in [1.29, 1.82) is 0 Å². The number of esters is 1. The lowest BCUT2D eigenvalue weighted by Gasteiger charge is -2.37. The second-order valence-corrected chi connectivity index (χ2v) is 6.22. The SMILES string of the molecule is COC(=O)c1ccc(C(=O)Cl)cc1C(C)N(C(C)C)C(C)C. The first-order chi connectivity index (χ1) is 10.2. The van der Waals surface area contributed by atoms with E-state index in [-0.39, 0.29) is 18.1 Å². The second kappa shape index (κ2) is 7.75. The quantitative estimate of drug-likeness (QED) is 0.585. The number of hydrogen-bond acceptors (Lipinski definition) is 4. The zero-order chi connectivity index (χ0) is 17.0. The Morgan fingerprint density at radius 2 is 1.64 bits per heavy atom. The Kier molecular flexibility index (Phi) is 6.57. The molecule has 1 aromatic rings. The maximum atomic E-state index is 12.0. The van der Waals surface area contributed by atoms with Crippen LogP contribution in [0.2, 0.25) is 0 Å². The summed E-state index contributed by atoms with van der Waals surface area (Å²) in [5.41, 5.74) is 1.59. The lowest BCUT2D eigenvalue weighted by atomic mass is 9.96. The molecule has 4 nitrogen and oxygen atoms in total. The minimum Gasteiger partial charge on any atom is -0.465 e. The van der Waals surface area contributed by atoms with Crippen molar-refractivity contribution in [2.45, 2.75) is 52.7 Å². The molecule has 5 heteroatoms. The second-order valence-electron chi connectivity index (χ2n) is 5.88. The molecule has 0 N–H and O–H groups in total. The zero-order valence-corrected chi connectivity index (χ0v) is 14.8. The molecule has 0 aromatic heterocycles. The van der Waals surface area contributed by atoms with E-state index in [4.69, 9.17) is 16.3 Å². The molecule has 0 saturated heterocycles. The summed E-state index contributed by atoms with van der Waals surface area (Å²) in [5, 5.41) is -0.537. The van der Waals surface area contributed by atoms with E-state index in [2.05, 4.69) is 32.6 Å². The molecule has 122 valence electrons. The third kappa shape index (κ3) is 4.08. The summed E-state index contributed by atoms with van der Waals surface area (Å²) >= 11 is 5.58. The van der Waals surface area contributed by atoms with Gasteiger partial charge >= 0.3 is 5.97 Å². The lowest BCUT2D eigenvalue weighted by molar-refractivity contribution is 0.0591. The van der Waals surface area contributed by atoms with Gasteiger partial charge in [0.1, 0.15) is 0 Å². The molecule has 1 unspecified atom stereocenters. The van der Waals surface area contributed by atoms with Gasteiger partial charge in [-0.05, 0) is 70.0 Å². The van der Waals surface area contributed by atoms with Crippen LogP contribution in [0.4, 0.5) is 0 Å². The molecule has 1 aromatic carbocycles. The summed E-state index contributed by atoms with van der Waals surface area (Å²) < 4.78 is 4.85. The van der Waals surface area contributed by atoms with Crippen molar-refractivity contribution in [3.63, 3.8) is 0 Å². The van der Waals surface area contributed by atoms with E-state index in [0.717, 1.165) is 5.56 Å². The number of nitrogens with zero attached hydrogens (tertiary/aromatic N) is 1. The smallest absolute Gasteiger partial charge is 0.338 e. The van der Waals surface area contributed by atoms with Crippen LogP contribution in [0.3, 0.4) is 0 Å². The van der Waals surface area contributed by atoms with E-state index in [1.54, 1.807) is 18.2 Å². The van der Waals surface area contributed by atoms with Gasteiger partial charge in [-0.3, -0.25) is 9.69 Å². The van der Waals surface area contributed by atoms with Crippen LogP contribution < -0.4 is 0 Å². The molecule has 1 rings (SSSR count). The van der Waals surface area contributed by atoms with Gasteiger partial charge in [-0.1, -0.05) is 0 Å². The summed E-state index contributed by atoms with van der Waals surface area (Å²) in [4.78, 5) is 25.7. The van der Waals surface area contributed by atoms with Gasteiger partial charge in [0.25, 0.3) is 5.24 Å². The number of carbonyl (C=O) groups is 2. The normalized spacial score (nSPS) is 12.8. The van der Waals surface area contributed by atoms with Gasteiger partial charge in [0.05, 0.1) is 12.7 Å². The van der Waals surface area contributed by atoms with E-state index < -0.39 is 11.2 Å². The number of hydrogen-bond donors (Lipinski definition) is 0. The standard InChI is InChI=1S/C17H24ClNO3/c1-10(2)19(11(3)4)12(5)15-9-13(16(18)20)7-8-14(15)17(21)22-6/h7-12H,1-6H3. The highest BCUT2D eigenvalue weighted by Gasteiger charge is 2.26. The van der Waals surface area contributed by atoms with Crippen LogP contribution in [0.15, 0.2) is 18.2 Å². The molecule has 0 saturated carbocycles. The predicted molar refractivity (Wildman–Crippen MR) is 88.5 cm³/mol. The van der Waals surface area contributed by atoms with Crippen molar-refractivity contribution in [3.8, 4) is 0 Å². The van der Waals surface area contributed by atoms with Crippen LogP contribution in [-0.4, -0.2) is 35.3 Å². The highest BCUT2D eigenvalue weighted by Crippen LogP contribution is 2.29. The van der Waals surface area contributed by atoms with Gasteiger partial charge in [0.2, 0.25) is 0 Å². The first-order valence-corrected chi connectivity index (χ1v) is 7.78. The fourth-order valence-corrected chi connectivity index (χ4v) is 3.10. The molecule has 0 spiro atoms. The molecule has 0 aliphatic carbocycles. The molecular formula is C17H24ClNO3. The zero-order valence-electron chi connectivity index (χ0n) is 14.0. The van der Waals surface area contributed by atoms with Crippen LogP contribution in [0, 0.1) is 0 Å². The number of carbonyl (C=O) groups excluding carboxylic acids is 2. The maximum Gasteiger partial charge on any atom is 0.338 e. The Morgan fingerprint density at radius 1 is 1.09 bits per heavy atom. The summed E-state index contributed by atoms with van der Waals surface area (Å²) in [5.74, 6) is -0.414. The summed E-state index contributed by atoms with van der Waals surface area (Å²) in [6.45, 7) is 10.4. The Labute approximate surface area is 137 Å². The van der Waals surface area contributed by atoms with Gasteiger partial charge in [-0.25, -0.2) is 4.79 Å². The molecule has 0 fully saturated rings. The molecule has 0 bridgehead atoms. The summed E-state index contributed by atoms with van der Waals surface area (Å²) in [7, 11) is 1.35. The van der Waals surface area contributed by atoms with Crippen LogP contribution >= 0.6 is 11.6 Å². The third-order valence-corrected chi connectivity index (χ3v) is 3.99. The van der Waals surface area contributed by atoms with Gasteiger partial charge in [0, 0.05) is 23.7 Å². The van der Waals surface area contributed by atoms with Crippen molar-refractivity contribution in [3.05, 3.63) is 34.9 Å². The summed E-state index contributed by atoms with van der Waals surface area (Å²) in [6, 6.07) is 5.36. The van der Waals surface area contributed by atoms with Gasteiger partial charge in [-0.2, -0.15) is 0 Å². The van der Waals surface area contributed by atoms with E-state index >= 15 is 0 Å². The molecule has 0 heterocycles. The fraction of sp³-hybridized carbons (Fsp3) is 0.529. The Bertz CT molecular complexity index is 547. The lowest BCUT2D eigenvalue weighted by Crippen LogP contribution is -2.39. The first-order valence-electron chi connectivity index (χ1n) is 7.40. The maximum absolute atomic E-state index is 12.0. The van der Waals surface area contributed by atoms with Gasteiger partial charge in [-0.15, -0.1) is 0 Å². The van der Waals surface area contributed by atoms with Crippen molar-refractivity contribution in [2.24, 2.45) is 0 Å². The number of methoxy groups -OCH3 is 1. The van der Waals surface area contributed by atoms with Crippen LogP contribution in [-0.2, 0) is 4.74 Å². The molecular weight excluding hydrogens is 302 g/mol. The van der Waals surface area contributed by atoms with Crippen molar-refractivity contribution in [2.75, 3.05) is 7.11 Å². The number of halogens is 1. The van der Waals surface area contributed by atoms with E-state index in [1.165, 1.54) is 7.11 Å². The number of rotatable bonds is 6. The van der Waals surface area contributed by atoms with Crippen LogP contribution in [0.5, 0.6) is 0 Å². The first kappa shape index (κ1) is 18.7. The molecule has 22 heavy (non-hydrogen) atoms. The minimum atomic E-state index is -0.537. The Balaban J connectivity index is 3.42. The minimum absolute atomic E-state index is 0.0509.